The first kappa shape index (κ1) is 27.1. The van der Waals surface area contributed by atoms with Crippen LogP contribution in [0.4, 0.5) is 10.5 Å². The first-order valence-corrected chi connectivity index (χ1v) is 14.1. The van der Waals surface area contributed by atoms with E-state index in [0.29, 0.717) is 36.9 Å². The highest BCUT2D eigenvalue weighted by atomic mass is 16.2. The summed E-state index contributed by atoms with van der Waals surface area (Å²) < 4.78 is 0. The van der Waals surface area contributed by atoms with Gasteiger partial charge in [0.2, 0.25) is 17.7 Å². The Balaban J connectivity index is 1.33. The molecule has 0 spiro atoms. The average Bonchev–Trinajstić information content (AvgIpc) is 3.39. The number of unbranched alkanes of at least 4 members (excludes halogenated alkanes) is 1. The molecule has 1 aromatic carbocycles. The fourth-order valence-electron chi connectivity index (χ4n) is 5.99. The summed E-state index contributed by atoms with van der Waals surface area (Å²) >= 11 is 0. The number of amides is 5. The van der Waals surface area contributed by atoms with E-state index in [0.717, 1.165) is 38.5 Å². The van der Waals surface area contributed by atoms with E-state index in [1.807, 2.05) is 24.3 Å². The first-order valence-electron chi connectivity index (χ1n) is 14.1. The molecule has 202 valence electrons. The van der Waals surface area contributed by atoms with Crippen LogP contribution in [0.1, 0.15) is 96.0 Å². The number of urea groups is 1. The minimum Gasteiger partial charge on any atom is -0.353 e. The lowest BCUT2D eigenvalue weighted by Gasteiger charge is -2.46. The maximum absolute atomic E-state index is 13.4. The lowest BCUT2D eigenvalue weighted by molar-refractivity contribution is -0.141. The molecule has 3 aliphatic rings. The summed E-state index contributed by atoms with van der Waals surface area (Å²) in [6, 6.07) is 7.45. The van der Waals surface area contributed by atoms with Crippen molar-refractivity contribution < 1.29 is 19.2 Å². The molecule has 0 aromatic heterocycles. The van der Waals surface area contributed by atoms with Gasteiger partial charge in [-0.05, 0) is 62.1 Å². The molecule has 1 aliphatic heterocycles. The predicted octanol–water partition coefficient (Wildman–Crippen LogP) is 4.80. The van der Waals surface area contributed by atoms with Gasteiger partial charge in [-0.3, -0.25) is 19.3 Å². The maximum atomic E-state index is 13.4. The molecule has 5 amide bonds. The summed E-state index contributed by atoms with van der Waals surface area (Å²) in [6.45, 7) is 4.45. The van der Waals surface area contributed by atoms with Crippen molar-refractivity contribution in [1.82, 2.24) is 15.1 Å². The van der Waals surface area contributed by atoms with Crippen molar-refractivity contribution in [1.29, 1.82) is 0 Å². The van der Waals surface area contributed by atoms with E-state index in [1.165, 1.54) is 23.3 Å². The quantitative estimate of drug-likeness (QED) is 0.442. The Morgan fingerprint density at radius 2 is 1.59 bits per heavy atom. The van der Waals surface area contributed by atoms with Crippen LogP contribution in [-0.2, 0) is 14.4 Å². The highest BCUT2D eigenvalue weighted by molar-refractivity contribution is 6.01. The van der Waals surface area contributed by atoms with Crippen LogP contribution in [0.2, 0.25) is 0 Å². The molecule has 1 saturated heterocycles. The van der Waals surface area contributed by atoms with Crippen LogP contribution >= 0.6 is 0 Å². The Hall–Kier alpha value is -2.90. The number of carbonyl (C=O) groups is 4. The van der Waals surface area contributed by atoms with Gasteiger partial charge >= 0.3 is 6.03 Å². The van der Waals surface area contributed by atoms with Crippen LogP contribution in [0.3, 0.4) is 0 Å². The molecule has 1 aromatic rings. The van der Waals surface area contributed by atoms with Gasteiger partial charge in [0.15, 0.2) is 0 Å². The molecule has 0 bridgehead atoms. The third-order valence-corrected chi connectivity index (χ3v) is 8.12. The number of hydrogen-bond acceptors (Lipinski definition) is 4. The number of nitrogens with one attached hydrogen (secondary N) is 2. The van der Waals surface area contributed by atoms with Crippen LogP contribution in [0, 0.1) is 5.92 Å². The molecule has 0 radical (unpaired) electrons. The second-order valence-electron chi connectivity index (χ2n) is 11.2. The summed E-state index contributed by atoms with van der Waals surface area (Å²) in [5, 5.41) is 6.00. The highest BCUT2D eigenvalue weighted by Gasteiger charge is 2.47. The molecule has 2 aliphatic carbocycles. The molecule has 8 nitrogen and oxygen atoms in total. The summed E-state index contributed by atoms with van der Waals surface area (Å²) in [5.74, 6) is -0.173. The Morgan fingerprint density at radius 1 is 0.919 bits per heavy atom. The van der Waals surface area contributed by atoms with Crippen molar-refractivity contribution in [3.63, 3.8) is 0 Å². The number of imide groups is 1. The Kier molecular flexibility index (Phi) is 9.22. The second-order valence-corrected chi connectivity index (χ2v) is 11.2. The maximum Gasteiger partial charge on any atom is 0.327 e. The third kappa shape index (κ3) is 6.90. The van der Waals surface area contributed by atoms with E-state index in [-0.39, 0.29) is 48.8 Å². The third-order valence-electron chi connectivity index (χ3n) is 8.12. The van der Waals surface area contributed by atoms with Gasteiger partial charge in [-0.15, -0.1) is 0 Å². The van der Waals surface area contributed by atoms with Gasteiger partial charge in [0.1, 0.15) is 6.54 Å². The van der Waals surface area contributed by atoms with E-state index in [9.17, 15) is 19.2 Å². The van der Waals surface area contributed by atoms with Crippen molar-refractivity contribution in [3.8, 4) is 0 Å². The normalized spacial score (nSPS) is 22.4. The Labute approximate surface area is 220 Å². The van der Waals surface area contributed by atoms with Gasteiger partial charge in [0.05, 0.1) is 5.92 Å². The molecule has 4 rings (SSSR count). The number of anilines is 1. The van der Waals surface area contributed by atoms with Gasteiger partial charge in [-0.2, -0.15) is 0 Å². The molecule has 37 heavy (non-hydrogen) atoms. The molecule has 8 heteroatoms. The second kappa shape index (κ2) is 12.6. The fourth-order valence-corrected chi connectivity index (χ4v) is 5.99. The minimum atomic E-state index is -0.381. The van der Waals surface area contributed by atoms with E-state index in [4.69, 9.17) is 0 Å². The fraction of sp³-hybridized carbons (Fsp3) is 0.655. The monoisotopic (exact) mass is 510 g/mol. The standard InChI is InChI=1S/C29H42N4O4/c1-20(2)21-14-16-23(17-15-21)31-27(35)19-33-25-12-6-5-11-24(25)28(36)32(29(33)37)18-8-7-13-26(34)30-22-9-3-4-10-22/h14-17,20,22,24-25H,3-13,18-19H2,1-2H3,(H,30,34)(H,31,35). The van der Waals surface area contributed by atoms with Gasteiger partial charge < -0.3 is 15.5 Å². The summed E-state index contributed by atoms with van der Waals surface area (Å²) in [5.41, 5.74) is 1.89. The molecular formula is C29H42N4O4. The van der Waals surface area contributed by atoms with Crippen LogP contribution in [0.5, 0.6) is 0 Å². The van der Waals surface area contributed by atoms with Gasteiger partial charge in [-0.1, -0.05) is 51.7 Å². The molecule has 3 fully saturated rings. The van der Waals surface area contributed by atoms with Crippen molar-refractivity contribution in [3.05, 3.63) is 29.8 Å². The van der Waals surface area contributed by atoms with E-state index >= 15 is 0 Å². The predicted molar refractivity (Wildman–Crippen MR) is 143 cm³/mol. The Bertz CT molecular complexity index is 971. The zero-order chi connectivity index (χ0) is 26.4. The van der Waals surface area contributed by atoms with E-state index in [2.05, 4.69) is 24.5 Å². The number of nitrogens with zero attached hydrogens (tertiary/aromatic N) is 2. The molecule has 2 N–H and O–H groups in total. The highest BCUT2D eigenvalue weighted by Crippen LogP contribution is 2.34. The van der Waals surface area contributed by atoms with Gasteiger partial charge in [0.25, 0.3) is 0 Å². The van der Waals surface area contributed by atoms with E-state index in [1.54, 1.807) is 4.90 Å². The lowest BCUT2D eigenvalue weighted by Crippen LogP contribution is -2.63. The number of hydrogen-bond donors (Lipinski definition) is 2. The van der Waals surface area contributed by atoms with Crippen LogP contribution < -0.4 is 10.6 Å². The van der Waals surface area contributed by atoms with Crippen molar-refractivity contribution in [2.24, 2.45) is 5.92 Å². The Morgan fingerprint density at radius 3 is 2.30 bits per heavy atom. The molecular weight excluding hydrogens is 468 g/mol. The SMILES string of the molecule is CC(C)c1ccc(NC(=O)CN2C(=O)N(CCCCC(=O)NC3CCCC3)C(=O)C3CCCCC32)cc1. The van der Waals surface area contributed by atoms with Crippen LogP contribution in [0.25, 0.3) is 0 Å². The van der Waals surface area contributed by atoms with Crippen LogP contribution in [-0.4, -0.2) is 58.7 Å². The zero-order valence-electron chi connectivity index (χ0n) is 22.3. The topological polar surface area (TPSA) is 98.8 Å². The zero-order valence-corrected chi connectivity index (χ0v) is 22.3. The van der Waals surface area contributed by atoms with Crippen molar-refractivity contribution in [2.45, 2.75) is 102 Å². The van der Waals surface area contributed by atoms with E-state index < -0.39 is 0 Å². The molecule has 2 atom stereocenters. The summed E-state index contributed by atoms with van der Waals surface area (Å²) in [4.78, 5) is 54.8. The lowest BCUT2D eigenvalue weighted by atomic mass is 9.81. The average molecular weight is 511 g/mol. The number of fused-ring (bicyclic) bond motifs is 1. The van der Waals surface area contributed by atoms with Crippen molar-refractivity contribution in [2.75, 3.05) is 18.4 Å². The van der Waals surface area contributed by atoms with Gasteiger partial charge in [-0.25, -0.2) is 4.79 Å². The summed E-state index contributed by atoms with van der Waals surface area (Å²) in [7, 11) is 0. The summed E-state index contributed by atoms with van der Waals surface area (Å²) in [6.07, 6.45) is 9.45. The molecule has 1 heterocycles. The largest absolute Gasteiger partial charge is 0.353 e. The number of carbonyl (C=O) groups excluding carboxylic acids is 4. The molecule has 2 unspecified atom stereocenters. The first-order chi connectivity index (χ1) is 17.8. The number of benzene rings is 1. The number of rotatable bonds is 10. The smallest absolute Gasteiger partial charge is 0.327 e. The minimum absolute atomic E-state index is 0.0512. The van der Waals surface area contributed by atoms with Crippen LogP contribution in [0.15, 0.2) is 24.3 Å². The van der Waals surface area contributed by atoms with Gasteiger partial charge in [0, 0.05) is 30.7 Å². The van der Waals surface area contributed by atoms with Crippen molar-refractivity contribution >= 4 is 29.4 Å². The molecule has 2 saturated carbocycles.